The van der Waals surface area contributed by atoms with Gasteiger partial charge >= 0.3 is 0 Å². The van der Waals surface area contributed by atoms with Crippen molar-refractivity contribution < 1.29 is 0 Å². The largest absolute Gasteiger partial charge is 0.0838 e. The van der Waals surface area contributed by atoms with Crippen molar-refractivity contribution in [3.05, 3.63) is 30.2 Å². The van der Waals surface area contributed by atoms with Crippen LogP contribution in [0, 0.1) is 5.92 Å². The van der Waals surface area contributed by atoms with Crippen LogP contribution >= 0.6 is 0 Å². The number of allylic oxidation sites excluding steroid dienone is 4. The van der Waals surface area contributed by atoms with Crippen molar-refractivity contribution in [2.24, 2.45) is 0 Å². The molecule has 0 spiro atoms. The summed E-state index contributed by atoms with van der Waals surface area (Å²) in [6.45, 7) is 2.10. The summed E-state index contributed by atoms with van der Waals surface area (Å²) < 4.78 is 0. The lowest BCUT2D eigenvalue weighted by Gasteiger charge is -1.99. The SMILES string of the molecule is C[C]1C=CCC=C1. The van der Waals surface area contributed by atoms with E-state index in [4.69, 9.17) is 0 Å². The molecule has 0 aromatic carbocycles. The van der Waals surface area contributed by atoms with Crippen LogP contribution in [0.25, 0.3) is 0 Å². The van der Waals surface area contributed by atoms with Gasteiger partial charge in [-0.2, -0.15) is 0 Å². The maximum Gasteiger partial charge on any atom is 0.0156 e. The van der Waals surface area contributed by atoms with Gasteiger partial charge in [0.25, 0.3) is 0 Å². The molecular formula is C7H9. The lowest BCUT2D eigenvalue weighted by molar-refractivity contribution is 1.22. The van der Waals surface area contributed by atoms with Gasteiger partial charge in [-0.15, -0.1) is 0 Å². The van der Waals surface area contributed by atoms with Crippen molar-refractivity contribution in [1.29, 1.82) is 0 Å². The highest BCUT2D eigenvalue weighted by molar-refractivity contribution is 5.24. The van der Waals surface area contributed by atoms with Crippen molar-refractivity contribution in [3.63, 3.8) is 0 Å². The fraction of sp³-hybridized carbons (Fsp3) is 0.286. The van der Waals surface area contributed by atoms with Crippen molar-refractivity contribution in [3.8, 4) is 0 Å². The lowest BCUT2D eigenvalue weighted by atomic mass is 10.1. The first-order chi connectivity index (χ1) is 3.39. The summed E-state index contributed by atoms with van der Waals surface area (Å²) >= 11 is 0. The van der Waals surface area contributed by atoms with Gasteiger partial charge in [0, 0.05) is 5.92 Å². The molecule has 7 heavy (non-hydrogen) atoms. The molecule has 0 unspecified atom stereocenters. The molecule has 0 N–H and O–H groups in total. The molecule has 0 saturated heterocycles. The van der Waals surface area contributed by atoms with Gasteiger partial charge in [-0.1, -0.05) is 31.2 Å². The normalized spacial score (nSPS) is 20.7. The predicted octanol–water partition coefficient (Wildman–Crippen LogP) is 2.10. The van der Waals surface area contributed by atoms with E-state index in [9.17, 15) is 0 Å². The van der Waals surface area contributed by atoms with Crippen LogP contribution in [-0.2, 0) is 0 Å². The molecular weight excluding hydrogens is 84.1 g/mol. The van der Waals surface area contributed by atoms with E-state index in [0.29, 0.717) is 0 Å². The molecule has 37 valence electrons. The zero-order valence-corrected chi connectivity index (χ0v) is 4.52. The number of rotatable bonds is 0. The van der Waals surface area contributed by atoms with Gasteiger partial charge in [0.2, 0.25) is 0 Å². The summed E-state index contributed by atoms with van der Waals surface area (Å²) in [5.74, 6) is 1.35. The van der Waals surface area contributed by atoms with Gasteiger partial charge in [-0.25, -0.2) is 0 Å². The monoisotopic (exact) mass is 93.1 g/mol. The van der Waals surface area contributed by atoms with E-state index in [0.717, 1.165) is 6.42 Å². The maximum atomic E-state index is 2.16. The molecule has 0 heteroatoms. The third kappa shape index (κ3) is 1.19. The predicted molar refractivity (Wildman–Crippen MR) is 31.8 cm³/mol. The Morgan fingerprint density at radius 3 is 2.14 bits per heavy atom. The van der Waals surface area contributed by atoms with Crippen LogP contribution in [0.5, 0.6) is 0 Å². The molecule has 0 atom stereocenters. The number of hydrogen-bond acceptors (Lipinski definition) is 0. The molecule has 0 nitrogen and oxygen atoms in total. The van der Waals surface area contributed by atoms with Gasteiger partial charge in [-0.05, 0) is 6.42 Å². The molecule has 1 radical (unpaired) electrons. The Labute approximate surface area is 44.5 Å². The minimum atomic E-state index is 1.11. The van der Waals surface area contributed by atoms with Crippen LogP contribution in [0.1, 0.15) is 13.3 Å². The van der Waals surface area contributed by atoms with Crippen LogP contribution < -0.4 is 0 Å². The average molecular weight is 93.1 g/mol. The molecule has 1 aliphatic rings. The Hall–Kier alpha value is -0.520. The lowest BCUT2D eigenvalue weighted by Crippen LogP contribution is -1.81. The first kappa shape index (κ1) is 4.63. The van der Waals surface area contributed by atoms with Crippen LogP contribution in [0.3, 0.4) is 0 Å². The smallest absolute Gasteiger partial charge is 0.0156 e. The van der Waals surface area contributed by atoms with Gasteiger partial charge in [0.05, 0.1) is 0 Å². The van der Waals surface area contributed by atoms with Gasteiger partial charge in [0.1, 0.15) is 0 Å². The van der Waals surface area contributed by atoms with Crippen LogP contribution in [0.2, 0.25) is 0 Å². The highest BCUT2D eigenvalue weighted by Gasteiger charge is 1.91. The van der Waals surface area contributed by atoms with Gasteiger partial charge < -0.3 is 0 Å². The Balaban J connectivity index is 2.49. The topological polar surface area (TPSA) is 0 Å². The molecule has 1 aliphatic carbocycles. The van der Waals surface area contributed by atoms with E-state index in [1.165, 1.54) is 5.92 Å². The molecule has 0 bridgehead atoms. The van der Waals surface area contributed by atoms with Gasteiger partial charge in [-0.3, -0.25) is 0 Å². The molecule has 0 aromatic heterocycles. The standard InChI is InChI=1S/C7H9/c1-7-5-3-2-4-6-7/h3-6H,2H2,1H3. The van der Waals surface area contributed by atoms with Gasteiger partial charge in [0.15, 0.2) is 0 Å². The minimum Gasteiger partial charge on any atom is -0.0838 e. The van der Waals surface area contributed by atoms with E-state index >= 15 is 0 Å². The summed E-state index contributed by atoms with van der Waals surface area (Å²) in [6.07, 6.45) is 9.71. The van der Waals surface area contributed by atoms with E-state index in [2.05, 4.69) is 31.2 Å². The number of hydrogen-bond donors (Lipinski definition) is 0. The summed E-state index contributed by atoms with van der Waals surface area (Å²) in [6, 6.07) is 0. The molecule has 1 rings (SSSR count). The van der Waals surface area contributed by atoms with E-state index in [1.54, 1.807) is 0 Å². The summed E-state index contributed by atoms with van der Waals surface area (Å²) in [5.41, 5.74) is 0. The molecule has 0 fully saturated rings. The second-order valence-electron chi connectivity index (χ2n) is 1.78. The molecule has 0 aromatic rings. The van der Waals surface area contributed by atoms with Crippen LogP contribution in [-0.4, -0.2) is 0 Å². The van der Waals surface area contributed by atoms with E-state index in [-0.39, 0.29) is 0 Å². The average Bonchev–Trinajstić information content (AvgIpc) is 1.69. The zero-order valence-electron chi connectivity index (χ0n) is 4.52. The first-order valence-electron chi connectivity index (χ1n) is 2.56. The Morgan fingerprint density at radius 1 is 1.29 bits per heavy atom. The van der Waals surface area contributed by atoms with Crippen molar-refractivity contribution in [2.75, 3.05) is 0 Å². The molecule has 0 aliphatic heterocycles. The molecule has 0 amide bonds. The summed E-state index contributed by atoms with van der Waals surface area (Å²) in [4.78, 5) is 0. The van der Waals surface area contributed by atoms with Crippen LogP contribution in [0.15, 0.2) is 24.3 Å². The van der Waals surface area contributed by atoms with Crippen molar-refractivity contribution >= 4 is 0 Å². The Bertz CT molecular complexity index is 86.6. The summed E-state index contributed by atoms with van der Waals surface area (Å²) in [5, 5.41) is 0. The highest BCUT2D eigenvalue weighted by Crippen LogP contribution is 2.08. The van der Waals surface area contributed by atoms with E-state index in [1.807, 2.05) is 0 Å². The second-order valence-corrected chi connectivity index (χ2v) is 1.78. The third-order valence-electron chi connectivity index (χ3n) is 1.03. The molecule has 0 saturated carbocycles. The first-order valence-corrected chi connectivity index (χ1v) is 2.56. The zero-order chi connectivity index (χ0) is 5.11. The van der Waals surface area contributed by atoms with Crippen molar-refractivity contribution in [2.45, 2.75) is 13.3 Å². The minimum absolute atomic E-state index is 1.11. The fourth-order valence-electron chi connectivity index (χ4n) is 0.642. The maximum absolute atomic E-state index is 2.16. The Morgan fingerprint density at radius 2 is 1.86 bits per heavy atom. The molecule has 0 heterocycles. The quantitative estimate of drug-likeness (QED) is 0.430. The van der Waals surface area contributed by atoms with Crippen molar-refractivity contribution in [1.82, 2.24) is 0 Å². The van der Waals surface area contributed by atoms with E-state index < -0.39 is 0 Å². The third-order valence-corrected chi connectivity index (χ3v) is 1.03. The second kappa shape index (κ2) is 1.97. The Kier molecular flexibility index (Phi) is 1.30. The fourth-order valence-corrected chi connectivity index (χ4v) is 0.642. The highest BCUT2D eigenvalue weighted by atomic mass is 14.0. The van der Waals surface area contributed by atoms with Crippen LogP contribution in [0.4, 0.5) is 0 Å². The summed E-state index contributed by atoms with van der Waals surface area (Å²) in [7, 11) is 0.